The molecule has 1 amide bonds. The molecule has 2 aliphatic rings. The second-order valence-electron chi connectivity index (χ2n) is 9.08. The molecular weight excluding hydrogens is 492 g/mol. The fourth-order valence-electron chi connectivity index (χ4n) is 4.43. The number of nitrogen functional groups attached to an aromatic ring is 1. The number of pyridine rings is 2. The summed E-state index contributed by atoms with van der Waals surface area (Å²) in [5, 5.41) is 0.519. The van der Waals surface area contributed by atoms with E-state index in [0.717, 1.165) is 22.3 Å². The number of morpholine rings is 1. The van der Waals surface area contributed by atoms with Gasteiger partial charge < -0.3 is 20.1 Å². The van der Waals surface area contributed by atoms with E-state index in [1.807, 2.05) is 24.3 Å². The number of carbonyl (C=O) groups is 2. The van der Waals surface area contributed by atoms with E-state index in [1.165, 1.54) is 0 Å². The van der Waals surface area contributed by atoms with Crippen LogP contribution < -0.4 is 10.5 Å². The molecule has 1 atom stereocenters. The lowest BCUT2D eigenvalue weighted by Crippen LogP contribution is -2.41. The molecule has 37 heavy (non-hydrogen) atoms. The van der Waals surface area contributed by atoms with Gasteiger partial charge in [-0.1, -0.05) is 17.7 Å². The quantitative estimate of drug-likeness (QED) is 0.466. The number of hydrogen-bond donors (Lipinski definition) is 1. The van der Waals surface area contributed by atoms with Gasteiger partial charge in [-0.05, 0) is 65.6 Å². The number of carbonyl (C=O) groups excluding carboxylic acids is 2. The van der Waals surface area contributed by atoms with Gasteiger partial charge in [-0.15, -0.1) is 0 Å². The lowest BCUT2D eigenvalue weighted by molar-refractivity contribution is -0.115. The molecule has 190 valence electrons. The van der Waals surface area contributed by atoms with E-state index < -0.39 is 0 Å². The molecule has 2 aliphatic heterocycles. The number of ketones is 1. The molecule has 0 radical (unpaired) electrons. The number of hydrogen-bond acceptors (Lipinski definition) is 7. The van der Waals surface area contributed by atoms with Crippen LogP contribution in [0, 0.1) is 0 Å². The molecule has 1 aromatic carbocycles. The van der Waals surface area contributed by atoms with Gasteiger partial charge >= 0.3 is 0 Å². The van der Waals surface area contributed by atoms with Crippen molar-refractivity contribution in [3.63, 3.8) is 0 Å². The molecule has 1 saturated heterocycles. The topological polar surface area (TPSA) is 108 Å². The van der Waals surface area contributed by atoms with Crippen LogP contribution in [0.1, 0.15) is 34.5 Å². The molecule has 5 rings (SSSR count). The Kier molecular flexibility index (Phi) is 7.48. The van der Waals surface area contributed by atoms with Crippen LogP contribution in [0.2, 0.25) is 5.02 Å². The van der Waals surface area contributed by atoms with Crippen LogP contribution >= 0.6 is 11.6 Å². The van der Waals surface area contributed by atoms with Gasteiger partial charge in [0.1, 0.15) is 23.4 Å². The Bertz CT molecular complexity index is 1320. The summed E-state index contributed by atoms with van der Waals surface area (Å²) in [6.07, 6.45) is 8.11. The number of nitrogens with zero attached hydrogens (tertiary/aromatic N) is 3. The van der Waals surface area contributed by atoms with E-state index in [9.17, 15) is 9.59 Å². The maximum atomic E-state index is 12.7. The van der Waals surface area contributed by atoms with Crippen molar-refractivity contribution in [1.29, 1.82) is 0 Å². The largest absolute Gasteiger partial charge is 0.488 e. The lowest BCUT2D eigenvalue weighted by atomic mass is 10.00. The van der Waals surface area contributed by atoms with Gasteiger partial charge in [0.2, 0.25) is 0 Å². The molecule has 9 heteroatoms. The molecule has 1 unspecified atom stereocenters. The summed E-state index contributed by atoms with van der Waals surface area (Å²) in [4.78, 5) is 35.2. The minimum Gasteiger partial charge on any atom is -0.488 e. The fourth-order valence-corrected chi connectivity index (χ4v) is 4.71. The van der Waals surface area contributed by atoms with E-state index in [2.05, 4.69) is 9.97 Å². The summed E-state index contributed by atoms with van der Waals surface area (Å²) in [7, 11) is 0. The lowest BCUT2D eigenvalue weighted by Gasteiger charge is -2.26. The summed E-state index contributed by atoms with van der Waals surface area (Å²) in [5.41, 5.74) is 9.58. The second kappa shape index (κ2) is 11.1. The Morgan fingerprint density at radius 3 is 2.65 bits per heavy atom. The van der Waals surface area contributed by atoms with E-state index in [-0.39, 0.29) is 17.8 Å². The summed E-state index contributed by atoms with van der Waals surface area (Å²) in [5.74, 6) is 1.03. The minimum atomic E-state index is -0.120. The maximum absolute atomic E-state index is 12.7. The van der Waals surface area contributed by atoms with Crippen LogP contribution in [0.3, 0.4) is 0 Å². The number of anilines is 1. The van der Waals surface area contributed by atoms with Gasteiger partial charge in [-0.25, -0.2) is 4.98 Å². The molecular formula is C28H27ClN4O4. The fraction of sp³-hybridized carbons (Fsp3) is 0.286. The average Bonchev–Trinajstić information content (AvgIpc) is 3.35. The molecule has 0 saturated carbocycles. The Morgan fingerprint density at radius 2 is 1.92 bits per heavy atom. The summed E-state index contributed by atoms with van der Waals surface area (Å²) in [6, 6.07) is 11.0. The highest BCUT2D eigenvalue weighted by Crippen LogP contribution is 2.40. The van der Waals surface area contributed by atoms with Crippen LogP contribution in [0.25, 0.3) is 17.2 Å². The van der Waals surface area contributed by atoms with Crippen LogP contribution in [-0.2, 0) is 16.0 Å². The number of ether oxygens (including phenoxy) is 2. The normalized spacial score (nSPS) is 17.0. The zero-order valence-corrected chi connectivity index (χ0v) is 21.0. The molecule has 2 aromatic heterocycles. The first-order valence-corrected chi connectivity index (χ1v) is 12.6. The van der Waals surface area contributed by atoms with Crippen molar-refractivity contribution in [1.82, 2.24) is 14.9 Å². The zero-order chi connectivity index (χ0) is 25.8. The van der Waals surface area contributed by atoms with Gasteiger partial charge in [0.25, 0.3) is 5.91 Å². The van der Waals surface area contributed by atoms with Crippen molar-refractivity contribution in [2.75, 3.05) is 32.0 Å². The first-order chi connectivity index (χ1) is 18.0. The third kappa shape index (κ3) is 5.98. The standard InChI is InChI=1S/C28H27ClN4O4/c29-24-15-20(19-3-7-25(31-17-19)28(35)33-9-11-36-12-10-33)13-21-14-23(37-27(21)24)6-5-22(34)4-1-18-2-8-26(30)32-16-18/h1-4,7-8,13,15-17,23H,5-6,9-12,14H2,(H2,30,32)/b4-1+. The SMILES string of the molecule is Nc1ccc(/C=C/C(=O)CCC2Cc3cc(-c4ccc(C(=O)N5CCOCC5)nc4)cc(Cl)c3O2)cn1. The first-order valence-electron chi connectivity index (χ1n) is 12.2. The van der Waals surface area contributed by atoms with Crippen LogP contribution in [-0.4, -0.2) is 59.0 Å². The van der Waals surface area contributed by atoms with Gasteiger partial charge in [0.15, 0.2) is 5.78 Å². The molecule has 0 bridgehead atoms. The highest BCUT2D eigenvalue weighted by Gasteiger charge is 2.26. The van der Waals surface area contributed by atoms with Crippen molar-refractivity contribution in [2.45, 2.75) is 25.4 Å². The number of allylic oxidation sites excluding steroid dienone is 1. The predicted molar refractivity (Wildman–Crippen MR) is 141 cm³/mol. The van der Waals surface area contributed by atoms with E-state index in [4.69, 9.17) is 26.8 Å². The number of benzene rings is 1. The van der Waals surface area contributed by atoms with E-state index in [1.54, 1.807) is 41.6 Å². The summed E-state index contributed by atoms with van der Waals surface area (Å²) >= 11 is 6.55. The third-order valence-electron chi connectivity index (χ3n) is 6.45. The van der Waals surface area contributed by atoms with Crippen molar-refractivity contribution < 1.29 is 19.1 Å². The highest BCUT2D eigenvalue weighted by atomic mass is 35.5. The summed E-state index contributed by atoms with van der Waals surface area (Å²) in [6.45, 7) is 2.25. The average molecular weight is 519 g/mol. The van der Waals surface area contributed by atoms with Crippen LogP contribution in [0.15, 0.2) is 54.9 Å². The Balaban J connectivity index is 1.19. The minimum absolute atomic E-state index is 0.0148. The molecule has 2 N–H and O–H groups in total. The number of nitrogens with two attached hydrogens (primary N) is 1. The maximum Gasteiger partial charge on any atom is 0.272 e. The van der Waals surface area contributed by atoms with Crippen molar-refractivity contribution in [3.05, 3.63) is 76.7 Å². The second-order valence-corrected chi connectivity index (χ2v) is 9.49. The van der Waals surface area contributed by atoms with E-state index in [0.29, 0.717) is 67.8 Å². The monoisotopic (exact) mass is 518 g/mol. The third-order valence-corrected chi connectivity index (χ3v) is 6.73. The smallest absolute Gasteiger partial charge is 0.272 e. The van der Waals surface area contributed by atoms with Gasteiger partial charge in [-0.3, -0.25) is 14.6 Å². The Labute approximate surface area is 220 Å². The number of fused-ring (bicyclic) bond motifs is 1. The molecule has 8 nitrogen and oxygen atoms in total. The highest BCUT2D eigenvalue weighted by molar-refractivity contribution is 6.32. The molecule has 4 heterocycles. The molecule has 3 aromatic rings. The van der Waals surface area contributed by atoms with Crippen molar-refractivity contribution in [2.24, 2.45) is 0 Å². The summed E-state index contributed by atoms with van der Waals surface area (Å²) < 4.78 is 11.4. The van der Waals surface area contributed by atoms with Crippen molar-refractivity contribution >= 4 is 35.2 Å². The molecule has 0 spiro atoms. The van der Waals surface area contributed by atoms with E-state index >= 15 is 0 Å². The van der Waals surface area contributed by atoms with Gasteiger partial charge in [-0.2, -0.15) is 0 Å². The zero-order valence-electron chi connectivity index (χ0n) is 20.2. The Morgan fingerprint density at radius 1 is 1.08 bits per heavy atom. The van der Waals surface area contributed by atoms with Crippen LogP contribution in [0.5, 0.6) is 5.75 Å². The van der Waals surface area contributed by atoms with Crippen molar-refractivity contribution in [3.8, 4) is 16.9 Å². The molecule has 0 aliphatic carbocycles. The first kappa shape index (κ1) is 24.9. The number of rotatable bonds is 7. The number of halogens is 1. The number of aromatic nitrogens is 2. The predicted octanol–water partition coefficient (Wildman–Crippen LogP) is 4.22. The van der Waals surface area contributed by atoms with Gasteiger partial charge in [0, 0.05) is 43.9 Å². The molecule has 1 fully saturated rings. The van der Waals surface area contributed by atoms with Crippen LogP contribution in [0.4, 0.5) is 5.82 Å². The Hall–Kier alpha value is -3.75. The van der Waals surface area contributed by atoms with Gasteiger partial charge in [0.05, 0.1) is 18.2 Å². The number of amides is 1.